The third kappa shape index (κ3) is 4.63. The van der Waals surface area contributed by atoms with E-state index in [0.29, 0.717) is 11.1 Å². The molecular weight excluding hydrogens is 228 g/mol. The van der Waals surface area contributed by atoms with E-state index in [2.05, 4.69) is 15.5 Å². The molecule has 0 radical (unpaired) electrons. The van der Waals surface area contributed by atoms with Crippen molar-refractivity contribution in [3.63, 3.8) is 0 Å². The summed E-state index contributed by atoms with van der Waals surface area (Å²) in [7, 11) is 0. The number of amides is 1. The molecule has 0 aliphatic rings. The maximum absolute atomic E-state index is 11.5. The zero-order chi connectivity index (χ0) is 12.2. The lowest BCUT2D eigenvalue weighted by Crippen LogP contribution is -2.41. The molecule has 0 aromatic carbocycles. The number of carbonyl (C=O) groups is 1. The molecule has 0 saturated carbocycles. The van der Waals surface area contributed by atoms with E-state index < -0.39 is 0 Å². The molecular formula is C9H16N4O2S. The first-order valence-corrected chi connectivity index (χ1v) is 5.85. The van der Waals surface area contributed by atoms with Gasteiger partial charge in [-0.3, -0.25) is 4.79 Å². The zero-order valence-corrected chi connectivity index (χ0v) is 10.4. The molecule has 1 rings (SSSR count). The van der Waals surface area contributed by atoms with Crippen molar-refractivity contribution in [2.45, 2.75) is 38.1 Å². The molecule has 0 spiro atoms. The van der Waals surface area contributed by atoms with Crippen LogP contribution in [0, 0.1) is 0 Å². The number of hydrogen-bond acceptors (Lipinski definition) is 6. The lowest BCUT2D eigenvalue weighted by Gasteiger charge is -2.19. The van der Waals surface area contributed by atoms with Crippen molar-refractivity contribution in [3.05, 3.63) is 5.89 Å². The summed E-state index contributed by atoms with van der Waals surface area (Å²) in [5.74, 6) is 0.562. The quantitative estimate of drug-likeness (QED) is 0.750. The van der Waals surface area contributed by atoms with Crippen molar-refractivity contribution in [1.29, 1.82) is 0 Å². The minimum Gasteiger partial charge on any atom is -0.415 e. The van der Waals surface area contributed by atoms with Crippen LogP contribution in [0.25, 0.3) is 0 Å². The van der Waals surface area contributed by atoms with Gasteiger partial charge in [-0.05, 0) is 20.8 Å². The molecule has 7 heteroatoms. The summed E-state index contributed by atoms with van der Waals surface area (Å²) in [4.78, 5) is 11.5. The fourth-order valence-corrected chi connectivity index (χ4v) is 1.54. The van der Waals surface area contributed by atoms with Gasteiger partial charge in [0.25, 0.3) is 5.22 Å². The topological polar surface area (TPSA) is 94.0 Å². The minimum absolute atomic E-state index is 0.0648. The van der Waals surface area contributed by atoms with Crippen LogP contribution in [0.1, 0.15) is 26.7 Å². The number of nitrogens with one attached hydrogen (secondary N) is 1. The Morgan fingerprint density at radius 2 is 2.19 bits per heavy atom. The monoisotopic (exact) mass is 244 g/mol. The van der Waals surface area contributed by atoms with E-state index in [4.69, 9.17) is 10.2 Å². The van der Waals surface area contributed by atoms with Gasteiger partial charge in [-0.1, -0.05) is 11.8 Å². The molecule has 0 fully saturated rings. The number of nitrogens with two attached hydrogens (primary N) is 1. The molecule has 1 heterocycles. The van der Waals surface area contributed by atoms with Gasteiger partial charge in [-0.2, -0.15) is 0 Å². The van der Waals surface area contributed by atoms with Gasteiger partial charge in [0.1, 0.15) is 0 Å². The molecule has 0 unspecified atom stereocenters. The molecule has 16 heavy (non-hydrogen) atoms. The van der Waals surface area contributed by atoms with Gasteiger partial charge in [-0.15, -0.1) is 10.2 Å². The van der Waals surface area contributed by atoms with Gasteiger partial charge in [-0.25, -0.2) is 0 Å². The fraction of sp³-hybridized carbons (Fsp3) is 0.667. The standard InChI is InChI=1S/C9H16N4O2S/c1-9(2,3)11-6(14)5-16-8-13-12-7(4-10)15-8/h4-5,10H2,1-3H3,(H,11,14). The second-order valence-corrected chi connectivity index (χ2v) is 5.18. The molecule has 90 valence electrons. The lowest BCUT2D eigenvalue weighted by molar-refractivity contribution is -0.119. The lowest BCUT2D eigenvalue weighted by atomic mass is 10.1. The maximum Gasteiger partial charge on any atom is 0.277 e. The molecule has 6 nitrogen and oxygen atoms in total. The first-order chi connectivity index (χ1) is 7.40. The van der Waals surface area contributed by atoms with E-state index in [0.717, 1.165) is 0 Å². The average molecular weight is 244 g/mol. The third-order valence-corrected chi connectivity index (χ3v) is 2.28. The number of carbonyl (C=O) groups excluding carboxylic acids is 1. The molecule has 1 amide bonds. The fourth-order valence-electron chi connectivity index (χ4n) is 0.961. The largest absolute Gasteiger partial charge is 0.415 e. The van der Waals surface area contributed by atoms with Crippen molar-refractivity contribution >= 4 is 17.7 Å². The average Bonchev–Trinajstić information content (AvgIpc) is 2.59. The summed E-state index contributed by atoms with van der Waals surface area (Å²) in [5.41, 5.74) is 5.09. The van der Waals surface area contributed by atoms with Gasteiger partial charge in [0.2, 0.25) is 11.8 Å². The SMILES string of the molecule is CC(C)(C)NC(=O)CSc1nnc(CN)o1. The van der Waals surface area contributed by atoms with Gasteiger partial charge >= 0.3 is 0 Å². The zero-order valence-electron chi connectivity index (χ0n) is 9.61. The van der Waals surface area contributed by atoms with Crippen LogP contribution in [-0.2, 0) is 11.3 Å². The molecule has 1 aromatic rings. The van der Waals surface area contributed by atoms with Crippen molar-refractivity contribution < 1.29 is 9.21 Å². The molecule has 0 bridgehead atoms. The summed E-state index contributed by atoms with van der Waals surface area (Å²) in [6.45, 7) is 5.99. The van der Waals surface area contributed by atoms with Crippen molar-refractivity contribution in [1.82, 2.24) is 15.5 Å². The summed E-state index contributed by atoms with van der Waals surface area (Å²) in [5, 5.41) is 10.6. The second kappa shape index (κ2) is 5.31. The van der Waals surface area contributed by atoms with Crippen LogP contribution in [0.2, 0.25) is 0 Å². The van der Waals surface area contributed by atoms with Crippen LogP contribution in [0.4, 0.5) is 0 Å². The van der Waals surface area contributed by atoms with E-state index >= 15 is 0 Å². The minimum atomic E-state index is -0.227. The Labute approximate surface area is 98.4 Å². The highest BCUT2D eigenvalue weighted by Crippen LogP contribution is 2.15. The van der Waals surface area contributed by atoms with Crippen LogP contribution in [0.3, 0.4) is 0 Å². The number of nitrogens with zero attached hydrogens (tertiary/aromatic N) is 2. The normalized spacial score (nSPS) is 11.5. The van der Waals surface area contributed by atoms with Crippen LogP contribution in [-0.4, -0.2) is 27.4 Å². The molecule has 0 atom stereocenters. The smallest absolute Gasteiger partial charge is 0.277 e. The molecule has 1 aromatic heterocycles. The van der Waals surface area contributed by atoms with Crippen LogP contribution < -0.4 is 11.1 Å². The van der Waals surface area contributed by atoms with E-state index in [1.807, 2.05) is 20.8 Å². The highest BCUT2D eigenvalue weighted by molar-refractivity contribution is 7.99. The van der Waals surface area contributed by atoms with Gasteiger partial charge in [0, 0.05) is 5.54 Å². The Hall–Kier alpha value is -1.08. The van der Waals surface area contributed by atoms with E-state index in [1.165, 1.54) is 11.8 Å². The summed E-state index contributed by atoms with van der Waals surface area (Å²) < 4.78 is 5.15. The van der Waals surface area contributed by atoms with Crippen LogP contribution in [0.5, 0.6) is 0 Å². The number of thioether (sulfide) groups is 1. The summed E-state index contributed by atoms with van der Waals surface area (Å²) in [6, 6.07) is 0. The number of aromatic nitrogens is 2. The van der Waals surface area contributed by atoms with Crippen LogP contribution >= 0.6 is 11.8 Å². The highest BCUT2D eigenvalue weighted by Gasteiger charge is 2.15. The molecule has 0 saturated heterocycles. The predicted molar refractivity (Wildman–Crippen MR) is 60.8 cm³/mol. The first kappa shape index (κ1) is 13.0. The Morgan fingerprint density at radius 3 is 2.69 bits per heavy atom. The highest BCUT2D eigenvalue weighted by atomic mass is 32.2. The van der Waals surface area contributed by atoms with Crippen LogP contribution in [0.15, 0.2) is 9.64 Å². The molecule has 0 aliphatic heterocycles. The van der Waals surface area contributed by atoms with Crippen molar-refractivity contribution in [3.8, 4) is 0 Å². The predicted octanol–water partition coefficient (Wildman–Crippen LogP) is 0.535. The summed E-state index contributed by atoms with van der Waals surface area (Å²) >= 11 is 1.20. The van der Waals surface area contributed by atoms with E-state index in [-0.39, 0.29) is 23.7 Å². The van der Waals surface area contributed by atoms with Gasteiger partial charge < -0.3 is 15.5 Å². The second-order valence-electron chi connectivity index (χ2n) is 4.25. The Morgan fingerprint density at radius 1 is 1.50 bits per heavy atom. The Kier molecular flexibility index (Phi) is 4.31. The molecule has 3 N–H and O–H groups in total. The number of hydrogen-bond donors (Lipinski definition) is 2. The van der Waals surface area contributed by atoms with Crippen molar-refractivity contribution in [2.24, 2.45) is 5.73 Å². The number of rotatable bonds is 4. The van der Waals surface area contributed by atoms with Gasteiger partial charge in [0.05, 0.1) is 12.3 Å². The first-order valence-electron chi connectivity index (χ1n) is 4.87. The Balaban J connectivity index is 2.37. The third-order valence-electron chi connectivity index (χ3n) is 1.46. The molecule has 0 aliphatic carbocycles. The Bertz CT molecular complexity index is 359. The van der Waals surface area contributed by atoms with E-state index in [9.17, 15) is 4.79 Å². The van der Waals surface area contributed by atoms with Crippen molar-refractivity contribution in [2.75, 3.05) is 5.75 Å². The van der Waals surface area contributed by atoms with Gasteiger partial charge in [0.15, 0.2) is 0 Å². The van der Waals surface area contributed by atoms with E-state index in [1.54, 1.807) is 0 Å². The maximum atomic E-state index is 11.5. The summed E-state index contributed by atoms with van der Waals surface area (Å²) in [6.07, 6.45) is 0.